The largest absolute Gasteiger partial charge is 0.323 e. The van der Waals surface area contributed by atoms with Gasteiger partial charge in [0.2, 0.25) is 5.91 Å². The van der Waals surface area contributed by atoms with E-state index in [2.05, 4.69) is 22.1 Å². The number of sulfone groups is 1. The van der Waals surface area contributed by atoms with E-state index < -0.39 is 27.4 Å². The molecular weight excluding hydrogens is 410 g/mol. The van der Waals surface area contributed by atoms with Crippen LogP contribution in [0.15, 0.2) is 36.0 Å². The van der Waals surface area contributed by atoms with Crippen LogP contribution in [0.25, 0.3) is 0 Å². The molecule has 1 saturated heterocycles. The first-order valence-corrected chi connectivity index (χ1v) is 11.2. The van der Waals surface area contributed by atoms with E-state index in [0.717, 1.165) is 23.9 Å². The van der Waals surface area contributed by atoms with E-state index in [0.29, 0.717) is 30.0 Å². The Morgan fingerprint density at radius 1 is 1.39 bits per heavy atom. The van der Waals surface area contributed by atoms with Gasteiger partial charge in [-0.05, 0) is 18.6 Å². The van der Waals surface area contributed by atoms with E-state index in [1.54, 1.807) is 10.6 Å². The molecule has 2 heterocycles. The Kier molecular flexibility index (Phi) is 6.14. The minimum absolute atomic E-state index is 0.0251. The number of benzene rings is 1. The smallest absolute Gasteiger partial charge is 0.234 e. The van der Waals surface area contributed by atoms with E-state index in [4.69, 9.17) is 0 Å². The molecule has 0 bridgehead atoms. The standard InChI is InChI=1S/C17H18F2N4O3S2/c1-2-6-23-16(11-5-7-28(25,26)10-11)21-22-17(23)27-9-15(24)20-14-4-3-12(18)8-13(14)19/h2-4,8,11H,1,5-7,9-10H2,(H,20,24)/t11-/m0/s1. The third-order valence-corrected chi connectivity index (χ3v) is 6.93. The number of nitrogens with zero attached hydrogens (tertiary/aromatic N) is 3. The zero-order chi connectivity index (χ0) is 20.3. The van der Waals surface area contributed by atoms with Gasteiger partial charge in [-0.2, -0.15) is 0 Å². The Bertz CT molecular complexity index is 1010. The zero-order valence-corrected chi connectivity index (χ0v) is 16.4. The van der Waals surface area contributed by atoms with Gasteiger partial charge in [-0.3, -0.25) is 4.79 Å². The van der Waals surface area contributed by atoms with Crippen LogP contribution in [-0.2, 0) is 21.2 Å². The van der Waals surface area contributed by atoms with Gasteiger partial charge in [0.15, 0.2) is 15.0 Å². The molecule has 1 aliphatic heterocycles. The normalized spacial score (nSPS) is 18.1. The van der Waals surface area contributed by atoms with Gasteiger partial charge >= 0.3 is 0 Å². The number of carbonyl (C=O) groups is 1. The van der Waals surface area contributed by atoms with Crippen LogP contribution in [0.4, 0.5) is 14.5 Å². The Balaban J connectivity index is 1.68. The van der Waals surface area contributed by atoms with Crippen molar-refractivity contribution >= 4 is 33.2 Å². The van der Waals surface area contributed by atoms with Crippen molar-refractivity contribution in [1.29, 1.82) is 0 Å². The minimum Gasteiger partial charge on any atom is -0.323 e. The fraction of sp³-hybridized carbons (Fsp3) is 0.353. The number of carbonyl (C=O) groups excluding carboxylic acids is 1. The summed E-state index contributed by atoms with van der Waals surface area (Å²) in [5.41, 5.74) is -0.114. The highest BCUT2D eigenvalue weighted by molar-refractivity contribution is 7.99. The van der Waals surface area contributed by atoms with Gasteiger partial charge in [0.05, 0.1) is 22.9 Å². The van der Waals surface area contributed by atoms with Crippen molar-refractivity contribution in [2.24, 2.45) is 0 Å². The SMILES string of the molecule is C=CCn1c(SCC(=O)Nc2ccc(F)cc2F)nnc1[C@H]1CCS(=O)(=O)C1. The molecule has 3 rings (SSSR count). The summed E-state index contributed by atoms with van der Waals surface area (Å²) in [6.45, 7) is 4.06. The van der Waals surface area contributed by atoms with Gasteiger partial charge in [0, 0.05) is 18.5 Å². The maximum absolute atomic E-state index is 13.6. The van der Waals surface area contributed by atoms with Gasteiger partial charge < -0.3 is 9.88 Å². The Morgan fingerprint density at radius 2 is 2.18 bits per heavy atom. The van der Waals surface area contributed by atoms with Crippen LogP contribution < -0.4 is 5.32 Å². The molecule has 1 aromatic heterocycles. The lowest BCUT2D eigenvalue weighted by molar-refractivity contribution is -0.113. The van der Waals surface area contributed by atoms with E-state index in [9.17, 15) is 22.0 Å². The first-order valence-electron chi connectivity index (χ1n) is 8.41. The highest BCUT2D eigenvalue weighted by atomic mass is 32.2. The summed E-state index contributed by atoms with van der Waals surface area (Å²) < 4.78 is 51.8. The van der Waals surface area contributed by atoms with Crippen molar-refractivity contribution in [2.75, 3.05) is 22.6 Å². The number of aromatic nitrogens is 3. The lowest BCUT2D eigenvalue weighted by atomic mass is 10.1. The maximum atomic E-state index is 13.6. The number of nitrogens with one attached hydrogen (secondary N) is 1. The second-order valence-electron chi connectivity index (χ2n) is 6.30. The summed E-state index contributed by atoms with van der Waals surface area (Å²) in [7, 11) is -3.07. The third-order valence-electron chi connectivity index (χ3n) is 4.19. The summed E-state index contributed by atoms with van der Waals surface area (Å²) in [4.78, 5) is 12.1. The molecule has 0 saturated carbocycles. The van der Waals surface area contributed by atoms with Crippen molar-refractivity contribution < 1.29 is 22.0 Å². The molecule has 7 nitrogen and oxygen atoms in total. The topological polar surface area (TPSA) is 93.9 Å². The van der Waals surface area contributed by atoms with Crippen molar-refractivity contribution in [3.05, 3.63) is 48.3 Å². The molecule has 1 amide bonds. The average Bonchev–Trinajstić information content (AvgIpc) is 3.19. The molecule has 0 spiro atoms. The van der Waals surface area contributed by atoms with Crippen LogP contribution in [0.2, 0.25) is 0 Å². The number of anilines is 1. The maximum Gasteiger partial charge on any atom is 0.234 e. The Morgan fingerprint density at radius 3 is 2.82 bits per heavy atom. The monoisotopic (exact) mass is 428 g/mol. The Labute approximate surface area is 165 Å². The number of rotatable bonds is 7. The average molecular weight is 428 g/mol. The molecule has 11 heteroatoms. The summed E-state index contributed by atoms with van der Waals surface area (Å²) >= 11 is 1.09. The van der Waals surface area contributed by atoms with Crippen LogP contribution >= 0.6 is 11.8 Å². The zero-order valence-electron chi connectivity index (χ0n) is 14.8. The van der Waals surface area contributed by atoms with Gasteiger partial charge in [0.25, 0.3) is 0 Å². The fourth-order valence-electron chi connectivity index (χ4n) is 2.92. The Hall–Kier alpha value is -2.27. The van der Waals surface area contributed by atoms with Gasteiger partial charge in [0.1, 0.15) is 17.5 Å². The molecule has 0 aliphatic carbocycles. The summed E-state index contributed by atoms with van der Waals surface area (Å²) in [6, 6.07) is 2.88. The van der Waals surface area contributed by atoms with Gasteiger partial charge in [-0.25, -0.2) is 17.2 Å². The molecule has 1 atom stereocenters. The number of hydrogen-bond donors (Lipinski definition) is 1. The van der Waals surface area contributed by atoms with Crippen LogP contribution in [0, 0.1) is 11.6 Å². The van der Waals surface area contributed by atoms with Crippen LogP contribution in [-0.4, -0.2) is 46.3 Å². The van der Waals surface area contributed by atoms with E-state index in [-0.39, 0.29) is 28.9 Å². The van der Waals surface area contributed by atoms with E-state index in [1.165, 1.54) is 0 Å². The molecule has 1 aromatic carbocycles. The predicted octanol–water partition coefficient (Wildman–Crippen LogP) is 2.38. The number of hydrogen-bond acceptors (Lipinski definition) is 6. The molecule has 1 aliphatic rings. The van der Waals surface area contributed by atoms with E-state index >= 15 is 0 Å². The first kappa shape index (κ1) is 20.5. The molecule has 1 fully saturated rings. The molecule has 28 heavy (non-hydrogen) atoms. The van der Waals surface area contributed by atoms with Gasteiger partial charge in [-0.15, -0.1) is 16.8 Å². The van der Waals surface area contributed by atoms with Crippen LogP contribution in [0.3, 0.4) is 0 Å². The molecule has 0 radical (unpaired) electrons. The first-order chi connectivity index (χ1) is 13.3. The second-order valence-corrected chi connectivity index (χ2v) is 9.47. The number of thioether (sulfide) groups is 1. The van der Waals surface area contributed by atoms with Crippen molar-refractivity contribution in [3.63, 3.8) is 0 Å². The number of amides is 1. The fourth-order valence-corrected chi connectivity index (χ4v) is 5.41. The summed E-state index contributed by atoms with van der Waals surface area (Å²) in [6.07, 6.45) is 2.11. The van der Waals surface area contributed by atoms with Gasteiger partial charge in [-0.1, -0.05) is 17.8 Å². The molecule has 0 unspecified atom stereocenters. The second kappa shape index (κ2) is 8.39. The number of allylic oxidation sites excluding steroid dienone is 1. The molecule has 1 N–H and O–H groups in total. The summed E-state index contributed by atoms with van der Waals surface area (Å²) in [5.74, 6) is -1.71. The third kappa shape index (κ3) is 4.76. The van der Waals surface area contributed by atoms with Crippen LogP contribution in [0.5, 0.6) is 0 Å². The lowest BCUT2D eigenvalue weighted by Crippen LogP contribution is -2.16. The molecule has 2 aromatic rings. The molecule has 150 valence electrons. The lowest BCUT2D eigenvalue weighted by Gasteiger charge is -2.11. The highest BCUT2D eigenvalue weighted by Gasteiger charge is 2.33. The van der Waals surface area contributed by atoms with Crippen LogP contribution in [0.1, 0.15) is 18.2 Å². The molecular formula is C17H18F2N4O3S2. The summed E-state index contributed by atoms with van der Waals surface area (Å²) in [5, 5.41) is 11.0. The van der Waals surface area contributed by atoms with Crippen molar-refractivity contribution in [3.8, 4) is 0 Å². The van der Waals surface area contributed by atoms with Crippen molar-refractivity contribution in [2.45, 2.75) is 24.0 Å². The minimum atomic E-state index is -3.07. The van der Waals surface area contributed by atoms with E-state index in [1.807, 2.05) is 0 Å². The predicted molar refractivity (Wildman–Crippen MR) is 102 cm³/mol. The van der Waals surface area contributed by atoms with Crippen molar-refractivity contribution in [1.82, 2.24) is 14.8 Å². The number of halogens is 2. The highest BCUT2D eigenvalue weighted by Crippen LogP contribution is 2.30. The quantitative estimate of drug-likeness (QED) is 0.538.